The molecule has 0 aromatic carbocycles. The summed E-state index contributed by atoms with van der Waals surface area (Å²) in [5, 5.41) is 26.7. The molecule has 3 rings (SSSR count). The fourth-order valence-corrected chi connectivity index (χ4v) is 4.12. The Morgan fingerprint density at radius 2 is 1.80 bits per heavy atom. The maximum absolute atomic E-state index is 9.14. The van der Waals surface area contributed by atoms with Gasteiger partial charge in [0.05, 0.1) is 0 Å². The van der Waals surface area contributed by atoms with E-state index in [4.69, 9.17) is 15.3 Å². The molecule has 3 aliphatic heterocycles. The van der Waals surface area contributed by atoms with Gasteiger partial charge in [-0.15, -0.1) is 0 Å². The van der Waals surface area contributed by atoms with E-state index in [-0.39, 0.29) is 0 Å². The quantitative estimate of drug-likeness (QED) is 0.446. The first-order valence-corrected chi connectivity index (χ1v) is 5.65. The van der Waals surface area contributed by atoms with Gasteiger partial charge in [0.2, 0.25) is 0 Å². The number of aliphatic hydroxyl groups excluding tert-OH is 1. The van der Waals surface area contributed by atoms with E-state index in [9.17, 15) is 0 Å². The van der Waals surface area contributed by atoms with E-state index in [2.05, 4.69) is 9.05 Å². The first kappa shape index (κ1) is 7.24. The van der Waals surface area contributed by atoms with Gasteiger partial charge in [0, 0.05) is 0 Å². The van der Waals surface area contributed by atoms with E-state index >= 15 is 0 Å². The standard InChI is InChI=1S/C3H5O6.Sb/c4-1-2(5,6)3(7,8)9;/h4-5,7H,1H2;/q-3;+3. The van der Waals surface area contributed by atoms with Crippen LogP contribution in [0.4, 0.5) is 0 Å². The number of hydrogen-bond acceptors (Lipinski definition) is 6. The first-order valence-electron chi connectivity index (χ1n) is 2.53. The van der Waals surface area contributed by atoms with Crippen molar-refractivity contribution >= 4 is 21.5 Å². The Labute approximate surface area is 64.6 Å². The van der Waals surface area contributed by atoms with Crippen molar-refractivity contribution in [3.63, 3.8) is 0 Å². The van der Waals surface area contributed by atoms with Gasteiger partial charge in [0.25, 0.3) is 0 Å². The maximum atomic E-state index is 9.14. The summed E-state index contributed by atoms with van der Waals surface area (Å²) < 4.78 is 13.9. The Bertz CT molecular complexity index is 166. The molecule has 0 radical (unpaired) electrons. The molecule has 3 N–H and O–H groups in total. The number of fused-ring (bicyclic) bond motifs is 1. The monoisotopic (exact) mass is 258 g/mol. The number of hydrogen-bond donors (Lipinski definition) is 3. The van der Waals surface area contributed by atoms with Gasteiger partial charge in [0.15, 0.2) is 0 Å². The molecule has 0 aromatic rings. The Balaban J connectivity index is 2.25. The fourth-order valence-electron chi connectivity index (χ4n) is 0.699. The van der Waals surface area contributed by atoms with E-state index in [1.165, 1.54) is 0 Å². The van der Waals surface area contributed by atoms with Gasteiger partial charge >= 0.3 is 64.2 Å². The van der Waals surface area contributed by atoms with E-state index in [0.717, 1.165) is 0 Å². The molecule has 0 aliphatic carbocycles. The SMILES string of the molecule is OCC1(O)[O][Sb]2[O]C1(O)[O]2. The predicted octanol–water partition coefficient (Wildman–Crippen LogP) is -2.62. The van der Waals surface area contributed by atoms with Gasteiger partial charge in [-0.05, 0) is 0 Å². The van der Waals surface area contributed by atoms with Crippen molar-refractivity contribution in [1.82, 2.24) is 0 Å². The van der Waals surface area contributed by atoms with Gasteiger partial charge < -0.3 is 0 Å². The molecular formula is C3H5O6Sb. The van der Waals surface area contributed by atoms with Crippen LogP contribution in [0.3, 0.4) is 0 Å². The van der Waals surface area contributed by atoms with Crippen LogP contribution in [0, 0.1) is 0 Å². The van der Waals surface area contributed by atoms with Crippen LogP contribution in [-0.2, 0) is 9.05 Å². The van der Waals surface area contributed by atoms with Gasteiger partial charge in [-0.1, -0.05) is 0 Å². The van der Waals surface area contributed by atoms with Crippen LogP contribution in [0.15, 0.2) is 0 Å². The summed E-state index contributed by atoms with van der Waals surface area (Å²) in [5.74, 6) is -4.14. The molecule has 3 aliphatic rings. The van der Waals surface area contributed by atoms with Crippen LogP contribution in [0.5, 0.6) is 0 Å². The molecule has 3 saturated heterocycles. The first-order chi connectivity index (χ1) is 4.60. The molecule has 6 nitrogen and oxygen atoms in total. The molecule has 2 bridgehead atoms. The van der Waals surface area contributed by atoms with Gasteiger partial charge in [0.1, 0.15) is 0 Å². The normalized spacial score (nSPS) is 53.1. The summed E-state index contributed by atoms with van der Waals surface area (Å²) in [6.07, 6.45) is 0. The summed E-state index contributed by atoms with van der Waals surface area (Å²) in [4.78, 5) is 0. The molecule has 0 amide bonds. The van der Waals surface area contributed by atoms with Gasteiger partial charge in [-0.3, -0.25) is 0 Å². The van der Waals surface area contributed by atoms with Crippen LogP contribution in [0.2, 0.25) is 0 Å². The Kier molecular flexibility index (Phi) is 1.33. The molecule has 7 heteroatoms. The number of aliphatic hydroxyl groups is 3. The molecule has 3 heterocycles. The zero-order chi connectivity index (χ0) is 7.41. The zero-order valence-corrected chi connectivity index (χ0v) is 7.27. The molecule has 0 spiro atoms. The topological polar surface area (TPSA) is 88.4 Å². The second-order valence-electron chi connectivity index (χ2n) is 2.02. The molecular weight excluding hydrogens is 254 g/mol. The molecule has 0 aromatic heterocycles. The summed E-state index contributed by atoms with van der Waals surface area (Å²) >= 11 is -2.67. The molecule has 1 unspecified atom stereocenters. The van der Waals surface area contributed by atoms with E-state index in [1.807, 2.05) is 0 Å². The average molecular weight is 259 g/mol. The molecule has 3 fully saturated rings. The van der Waals surface area contributed by atoms with Gasteiger partial charge in [-0.25, -0.2) is 0 Å². The third-order valence-electron chi connectivity index (χ3n) is 1.33. The van der Waals surface area contributed by atoms with E-state index in [0.29, 0.717) is 0 Å². The third-order valence-corrected chi connectivity index (χ3v) is 4.88. The van der Waals surface area contributed by atoms with Crippen molar-refractivity contribution in [2.45, 2.75) is 11.8 Å². The summed E-state index contributed by atoms with van der Waals surface area (Å²) in [7, 11) is 0. The van der Waals surface area contributed by atoms with Crippen molar-refractivity contribution in [1.29, 1.82) is 0 Å². The second-order valence-corrected chi connectivity index (χ2v) is 4.86. The Morgan fingerprint density at radius 3 is 2.00 bits per heavy atom. The number of rotatable bonds is 1. The van der Waals surface area contributed by atoms with Crippen molar-refractivity contribution in [2.24, 2.45) is 0 Å². The summed E-state index contributed by atoms with van der Waals surface area (Å²) in [6, 6.07) is 0. The van der Waals surface area contributed by atoms with Crippen molar-refractivity contribution < 1.29 is 24.4 Å². The molecule has 0 saturated carbocycles. The van der Waals surface area contributed by atoms with Crippen molar-refractivity contribution in [3.05, 3.63) is 0 Å². The minimum atomic E-state index is -2.67. The van der Waals surface area contributed by atoms with Gasteiger partial charge in [-0.2, -0.15) is 0 Å². The molecule has 58 valence electrons. The van der Waals surface area contributed by atoms with E-state index in [1.54, 1.807) is 0 Å². The predicted molar refractivity (Wildman–Crippen MR) is 26.0 cm³/mol. The van der Waals surface area contributed by atoms with E-state index < -0.39 is 39.8 Å². The summed E-state index contributed by atoms with van der Waals surface area (Å²) in [6.45, 7) is -0.732. The van der Waals surface area contributed by atoms with Crippen molar-refractivity contribution in [3.8, 4) is 0 Å². The Morgan fingerprint density at radius 1 is 1.20 bits per heavy atom. The minimum absolute atomic E-state index is 0.732. The second kappa shape index (κ2) is 1.84. The fraction of sp³-hybridized carbons (Fsp3) is 1.00. The third kappa shape index (κ3) is 0.648. The average Bonchev–Trinajstić information content (AvgIpc) is 2.17. The van der Waals surface area contributed by atoms with Crippen LogP contribution in [0.1, 0.15) is 0 Å². The molecule has 10 heavy (non-hydrogen) atoms. The Hall–Kier alpha value is 0.578. The van der Waals surface area contributed by atoms with Crippen LogP contribution >= 0.6 is 0 Å². The molecule has 1 atom stereocenters. The van der Waals surface area contributed by atoms with Crippen molar-refractivity contribution in [2.75, 3.05) is 6.61 Å². The van der Waals surface area contributed by atoms with Crippen LogP contribution in [0.25, 0.3) is 0 Å². The van der Waals surface area contributed by atoms with Crippen LogP contribution < -0.4 is 0 Å². The summed E-state index contributed by atoms with van der Waals surface area (Å²) in [5.41, 5.74) is 0. The zero-order valence-electron chi connectivity index (χ0n) is 4.72. The van der Waals surface area contributed by atoms with Crippen LogP contribution in [-0.4, -0.2) is 55.2 Å².